The van der Waals surface area contributed by atoms with Crippen LogP contribution in [0.2, 0.25) is 0 Å². The molecule has 1 aliphatic carbocycles. The summed E-state index contributed by atoms with van der Waals surface area (Å²) < 4.78 is 12.9. The first kappa shape index (κ1) is 44.0. The van der Waals surface area contributed by atoms with E-state index in [2.05, 4.69) is 47.9 Å². The Morgan fingerprint density at radius 1 is 0.842 bits per heavy atom. The van der Waals surface area contributed by atoms with Gasteiger partial charge in [0.15, 0.2) is 0 Å². The van der Waals surface area contributed by atoms with Crippen molar-refractivity contribution < 1.29 is 19.1 Å². The van der Waals surface area contributed by atoms with Crippen LogP contribution in [0.15, 0.2) is 30.5 Å². The predicted molar refractivity (Wildman–Crippen MR) is 225 cm³/mol. The Balaban J connectivity index is 1.03. The van der Waals surface area contributed by atoms with Crippen molar-refractivity contribution in [3.05, 3.63) is 36.2 Å². The Morgan fingerprint density at radius 2 is 1.58 bits per heavy atom. The molecule has 0 spiro atoms. The highest BCUT2D eigenvalue weighted by molar-refractivity contribution is 5.90. The van der Waals surface area contributed by atoms with Crippen LogP contribution in [0.5, 0.6) is 0 Å². The maximum atomic E-state index is 13.0. The number of hydrogen-bond acceptors (Lipinski definition) is 13. The van der Waals surface area contributed by atoms with E-state index in [9.17, 15) is 9.59 Å². The average molecular weight is 792 g/mol. The van der Waals surface area contributed by atoms with Gasteiger partial charge in [0, 0.05) is 37.1 Å². The van der Waals surface area contributed by atoms with E-state index in [-0.39, 0.29) is 6.04 Å². The fourth-order valence-electron chi connectivity index (χ4n) is 7.37. The number of hydrogen-bond donors (Lipinski definition) is 5. The lowest BCUT2D eigenvalue weighted by Crippen LogP contribution is -2.46. The number of benzene rings is 1. The van der Waals surface area contributed by atoms with Crippen LogP contribution < -0.4 is 26.6 Å². The van der Waals surface area contributed by atoms with Crippen molar-refractivity contribution in [2.45, 2.75) is 155 Å². The smallest absolute Gasteiger partial charge is 0.408 e. The second kappa shape index (κ2) is 21.6. The van der Waals surface area contributed by atoms with E-state index in [4.69, 9.17) is 19.4 Å². The van der Waals surface area contributed by atoms with Gasteiger partial charge in [0.05, 0.1) is 18.3 Å². The monoisotopic (exact) mass is 792 g/mol. The van der Waals surface area contributed by atoms with Crippen molar-refractivity contribution in [1.82, 2.24) is 45.8 Å². The van der Waals surface area contributed by atoms with Crippen LogP contribution in [0.4, 0.5) is 16.6 Å². The third-order valence-corrected chi connectivity index (χ3v) is 10.2. The minimum Gasteiger partial charge on any atom is -0.458 e. The molecule has 1 atom stereocenters. The summed E-state index contributed by atoms with van der Waals surface area (Å²) in [5.74, 6) is 0.913. The summed E-state index contributed by atoms with van der Waals surface area (Å²) in [6.07, 6.45) is 13.4. The molecule has 0 radical (unpaired) electrons. The molecule has 2 aromatic heterocycles. The summed E-state index contributed by atoms with van der Waals surface area (Å²) in [5, 5.41) is 26.8. The van der Waals surface area contributed by atoms with Crippen LogP contribution in [0.25, 0.3) is 10.9 Å². The molecule has 1 aliphatic heterocycles. The lowest BCUT2D eigenvalue weighted by atomic mass is 9.95. The van der Waals surface area contributed by atoms with Gasteiger partial charge in [-0.2, -0.15) is 4.98 Å². The molecule has 3 heterocycles. The highest BCUT2D eigenvalue weighted by Crippen LogP contribution is 2.25. The van der Waals surface area contributed by atoms with Crippen molar-refractivity contribution in [2.75, 3.05) is 49.9 Å². The molecule has 3 aromatic rings. The number of anilines is 2. The van der Waals surface area contributed by atoms with E-state index in [1.54, 1.807) is 20.8 Å². The second-order valence-electron chi connectivity index (χ2n) is 17.6. The van der Waals surface area contributed by atoms with Gasteiger partial charge in [0.25, 0.3) is 0 Å². The lowest BCUT2D eigenvalue weighted by Gasteiger charge is -2.33. The maximum Gasteiger partial charge on any atom is 0.408 e. The van der Waals surface area contributed by atoms with Crippen molar-refractivity contribution in [3.8, 4) is 0 Å². The molecule has 0 bridgehead atoms. The van der Waals surface area contributed by atoms with E-state index in [0.717, 1.165) is 106 Å². The third-order valence-electron chi connectivity index (χ3n) is 10.2. The Bertz CT molecular complexity index is 1670. The van der Waals surface area contributed by atoms with Crippen molar-refractivity contribution in [2.24, 2.45) is 0 Å². The van der Waals surface area contributed by atoms with E-state index >= 15 is 0 Å². The first-order valence-corrected chi connectivity index (χ1v) is 21.3. The van der Waals surface area contributed by atoms with Crippen LogP contribution >= 0.6 is 0 Å². The van der Waals surface area contributed by atoms with Gasteiger partial charge >= 0.3 is 12.1 Å². The molecule has 1 aromatic carbocycles. The van der Waals surface area contributed by atoms with Crippen molar-refractivity contribution >= 4 is 34.7 Å². The van der Waals surface area contributed by atoms with Crippen LogP contribution in [-0.2, 0) is 27.4 Å². The van der Waals surface area contributed by atoms with Crippen LogP contribution in [0.1, 0.15) is 118 Å². The number of nitrogens with zero attached hydrogens (tertiary/aromatic N) is 6. The van der Waals surface area contributed by atoms with Gasteiger partial charge in [-0.05, 0) is 131 Å². The van der Waals surface area contributed by atoms with Gasteiger partial charge in [-0.1, -0.05) is 36.6 Å². The molecular weight excluding hydrogens is 723 g/mol. The number of rotatable bonds is 20. The zero-order chi connectivity index (χ0) is 40.7. The normalized spacial score (nSPS) is 16.7. The zero-order valence-corrected chi connectivity index (χ0v) is 35.4. The molecular formula is C42H69N11O4. The number of aromatic nitrogens is 5. The highest BCUT2D eigenvalue weighted by Gasteiger charge is 2.29. The van der Waals surface area contributed by atoms with E-state index in [1.165, 1.54) is 32.1 Å². The number of para-hydroxylation sites is 1. The third kappa shape index (κ3) is 16.0. The number of amides is 1. The molecule has 5 N–H and O–H groups in total. The highest BCUT2D eigenvalue weighted by atomic mass is 16.6. The molecule has 1 saturated heterocycles. The van der Waals surface area contributed by atoms with E-state index < -0.39 is 29.3 Å². The van der Waals surface area contributed by atoms with Gasteiger partial charge in [-0.15, -0.1) is 5.10 Å². The summed E-state index contributed by atoms with van der Waals surface area (Å²) >= 11 is 0. The standard InChI is InChI=1S/C42H69N11O4/c1-41(2,3)56-38(54)36(48-40(55)57-42(4,5)6)19-12-25-52-27-20-32(21-28-52)46-37-34-17-10-11-18-35(34)47-39(49-37)45-29-33-30-53(51-50-33)26-14-23-43-22-13-24-44-31-15-8-7-9-16-31/h10-11,17-18,30-32,36,43-44H,7-9,12-16,19-29H2,1-6H3,(H,48,55)(H2,45,46,47,49)/t36-/m0/s1. The number of alkyl carbamates (subject to hydrolysis) is 1. The number of nitrogens with one attached hydrogen (secondary N) is 5. The van der Waals surface area contributed by atoms with Gasteiger partial charge < -0.3 is 41.0 Å². The van der Waals surface area contributed by atoms with Crippen molar-refractivity contribution in [3.63, 3.8) is 0 Å². The summed E-state index contributed by atoms with van der Waals surface area (Å²) in [7, 11) is 0. The molecule has 57 heavy (non-hydrogen) atoms. The molecule has 2 fully saturated rings. The number of fused-ring (bicyclic) bond motifs is 1. The maximum absolute atomic E-state index is 13.0. The summed E-state index contributed by atoms with van der Waals surface area (Å²) in [4.78, 5) is 37.6. The predicted octanol–water partition coefficient (Wildman–Crippen LogP) is 6.02. The molecule has 1 saturated carbocycles. The Morgan fingerprint density at radius 3 is 2.33 bits per heavy atom. The number of likely N-dealkylation sites (tertiary alicyclic amines) is 1. The SMILES string of the molecule is CC(C)(C)OC(=O)N[C@@H](CCCN1CCC(Nc2nc(NCc3cn(CCCNCCCNC4CCCCC4)nn3)nc3ccccc23)CC1)C(=O)OC(C)(C)C. The number of esters is 1. The average Bonchev–Trinajstić information content (AvgIpc) is 3.62. The Kier molecular flexibility index (Phi) is 16.7. The van der Waals surface area contributed by atoms with Crippen LogP contribution in [-0.4, -0.2) is 111 Å². The molecule has 5 rings (SSSR count). The van der Waals surface area contributed by atoms with E-state index in [1.807, 2.05) is 49.8 Å². The summed E-state index contributed by atoms with van der Waals surface area (Å²) in [6.45, 7) is 17.9. The zero-order valence-electron chi connectivity index (χ0n) is 35.4. The fourth-order valence-corrected chi connectivity index (χ4v) is 7.37. The fraction of sp³-hybridized carbons (Fsp3) is 0.714. The topological polar surface area (TPSA) is 172 Å². The van der Waals surface area contributed by atoms with Crippen LogP contribution in [0.3, 0.4) is 0 Å². The molecule has 15 nitrogen and oxygen atoms in total. The first-order chi connectivity index (χ1) is 27.3. The Labute approximate surface area is 339 Å². The Hall–Kier alpha value is -4.08. The van der Waals surface area contributed by atoms with Crippen molar-refractivity contribution in [1.29, 1.82) is 0 Å². The number of piperidine rings is 1. The largest absolute Gasteiger partial charge is 0.458 e. The molecule has 0 unspecified atom stereocenters. The van der Waals surface area contributed by atoms with Gasteiger partial charge in [-0.25, -0.2) is 14.6 Å². The number of carbonyl (C=O) groups excluding carboxylic acids is 2. The van der Waals surface area contributed by atoms with E-state index in [0.29, 0.717) is 18.9 Å². The number of ether oxygens (including phenoxy) is 2. The minimum absolute atomic E-state index is 0.253. The lowest BCUT2D eigenvalue weighted by molar-refractivity contribution is -0.157. The summed E-state index contributed by atoms with van der Waals surface area (Å²) in [5.41, 5.74) is 0.391. The van der Waals surface area contributed by atoms with Gasteiger partial charge in [0.1, 0.15) is 28.8 Å². The number of aryl methyl sites for hydroxylation is 1. The molecule has 1 amide bonds. The number of carbonyl (C=O) groups is 2. The first-order valence-electron chi connectivity index (χ1n) is 21.3. The molecule has 2 aliphatic rings. The molecule has 15 heteroatoms. The van der Waals surface area contributed by atoms with Gasteiger partial charge in [-0.3, -0.25) is 4.68 Å². The van der Waals surface area contributed by atoms with Gasteiger partial charge in [0.2, 0.25) is 5.95 Å². The van der Waals surface area contributed by atoms with Crippen LogP contribution in [0, 0.1) is 0 Å². The molecule has 316 valence electrons. The summed E-state index contributed by atoms with van der Waals surface area (Å²) in [6, 6.07) is 8.27. The minimum atomic E-state index is -0.778. The quantitative estimate of drug-likeness (QED) is 0.0666. The second-order valence-corrected chi connectivity index (χ2v) is 17.6.